The standard InChI is InChI=1S/C16H24FNO2/c1-4-20-13-6-5-7-18(10-13)16-8-11(2)15(17)9-14(16)12(3)19/h8-9,12-13,19H,4-7,10H2,1-3H3/t12-,13?/m1/s1. The molecule has 0 aliphatic carbocycles. The Hall–Kier alpha value is -1.13. The molecule has 1 aliphatic heterocycles. The summed E-state index contributed by atoms with van der Waals surface area (Å²) in [6.07, 6.45) is 1.67. The number of halogens is 1. The van der Waals surface area contributed by atoms with Crippen molar-refractivity contribution in [2.75, 3.05) is 24.6 Å². The lowest BCUT2D eigenvalue weighted by Gasteiger charge is -2.36. The molecule has 0 radical (unpaired) electrons. The maximum absolute atomic E-state index is 13.7. The minimum Gasteiger partial charge on any atom is -0.389 e. The van der Waals surface area contributed by atoms with E-state index in [2.05, 4.69) is 4.90 Å². The number of aliphatic hydroxyl groups excluding tert-OH is 1. The molecule has 1 fully saturated rings. The third-order valence-corrected chi connectivity index (χ3v) is 3.88. The quantitative estimate of drug-likeness (QED) is 0.920. The number of benzene rings is 1. The Bertz CT molecular complexity index is 460. The number of ether oxygens (including phenoxy) is 1. The first-order valence-electron chi connectivity index (χ1n) is 7.37. The van der Waals surface area contributed by atoms with E-state index in [1.54, 1.807) is 13.8 Å². The van der Waals surface area contributed by atoms with E-state index in [0.29, 0.717) is 17.7 Å². The average Bonchev–Trinajstić information content (AvgIpc) is 2.42. The molecule has 1 unspecified atom stereocenters. The molecule has 1 heterocycles. The molecule has 3 nitrogen and oxygen atoms in total. The van der Waals surface area contributed by atoms with E-state index in [4.69, 9.17) is 4.74 Å². The van der Waals surface area contributed by atoms with E-state index in [0.717, 1.165) is 31.6 Å². The molecule has 2 rings (SSSR count). The van der Waals surface area contributed by atoms with E-state index in [1.165, 1.54) is 6.07 Å². The first-order chi connectivity index (χ1) is 9.52. The van der Waals surface area contributed by atoms with Gasteiger partial charge in [-0.3, -0.25) is 0 Å². The van der Waals surface area contributed by atoms with Crippen molar-refractivity contribution in [3.63, 3.8) is 0 Å². The van der Waals surface area contributed by atoms with Crippen LogP contribution in [0.1, 0.15) is 43.9 Å². The van der Waals surface area contributed by atoms with Gasteiger partial charge in [0.05, 0.1) is 12.2 Å². The minimum absolute atomic E-state index is 0.223. The van der Waals surface area contributed by atoms with Crippen molar-refractivity contribution in [2.24, 2.45) is 0 Å². The lowest BCUT2D eigenvalue weighted by atomic mass is 10.0. The van der Waals surface area contributed by atoms with Crippen LogP contribution in [0.25, 0.3) is 0 Å². The molecule has 1 aromatic carbocycles. The van der Waals surface area contributed by atoms with E-state index < -0.39 is 6.10 Å². The molecule has 2 atom stereocenters. The van der Waals surface area contributed by atoms with Gasteiger partial charge in [-0.05, 0) is 51.3 Å². The number of hydrogen-bond donors (Lipinski definition) is 1. The van der Waals surface area contributed by atoms with Gasteiger partial charge in [0.2, 0.25) is 0 Å². The zero-order valence-corrected chi connectivity index (χ0v) is 12.5. The van der Waals surface area contributed by atoms with Crippen LogP contribution in [-0.2, 0) is 4.74 Å². The van der Waals surface area contributed by atoms with Crippen molar-refractivity contribution in [2.45, 2.75) is 45.8 Å². The molecule has 112 valence electrons. The van der Waals surface area contributed by atoms with Crippen molar-refractivity contribution in [3.8, 4) is 0 Å². The molecule has 0 spiro atoms. The van der Waals surface area contributed by atoms with Crippen LogP contribution < -0.4 is 4.90 Å². The Morgan fingerprint density at radius 3 is 2.90 bits per heavy atom. The maximum atomic E-state index is 13.7. The summed E-state index contributed by atoms with van der Waals surface area (Å²) < 4.78 is 19.4. The van der Waals surface area contributed by atoms with Crippen LogP contribution in [0.15, 0.2) is 12.1 Å². The summed E-state index contributed by atoms with van der Waals surface area (Å²) in [7, 11) is 0. The number of hydrogen-bond acceptors (Lipinski definition) is 3. The summed E-state index contributed by atoms with van der Waals surface area (Å²) in [4.78, 5) is 2.21. The van der Waals surface area contributed by atoms with Gasteiger partial charge in [0.1, 0.15) is 5.82 Å². The molecule has 0 amide bonds. The van der Waals surface area contributed by atoms with Gasteiger partial charge in [-0.1, -0.05) is 0 Å². The fourth-order valence-electron chi connectivity index (χ4n) is 2.82. The molecule has 0 bridgehead atoms. The minimum atomic E-state index is -0.674. The first kappa shape index (κ1) is 15.3. The summed E-state index contributed by atoms with van der Waals surface area (Å²) in [5.74, 6) is -0.261. The third-order valence-electron chi connectivity index (χ3n) is 3.88. The fraction of sp³-hybridized carbons (Fsp3) is 0.625. The van der Waals surface area contributed by atoms with Gasteiger partial charge in [0.25, 0.3) is 0 Å². The first-order valence-corrected chi connectivity index (χ1v) is 7.37. The molecule has 0 saturated carbocycles. The molecular weight excluding hydrogens is 257 g/mol. The van der Waals surface area contributed by atoms with Gasteiger partial charge >= 0.3 is 0 Å². The second-order valence-corrected chi connectivity index (χ2v) is 5.50. The average molecular weight is 281 g/mol. The SMILES string of the molecule is CCOC1CCCN(c2cc(C)c(F)cc2[C@@H](C)O)C1. The Morgan fingerprint density at radius 1 is 1.50 bits per heavy atom. The normalized spacial score (nSPS) is 21.1. The van der Waals surface area contributed by atoms with Crippen LogP contribution in [0.2, 0.25) is 0 Å². The van der Waals surface area contributed by atoms with E-state index >= 15 is 0 Å². The highest BCUT2D eigenvalue weighted by atomic mass is 19.1. The van der Waals surface area contributed by atoms with Crippen molar-refractivity contribution in [1.82, 2.24) is 0 Å². The van der Waals surface area contributed by atoms with E-state index in [1.807, 2.05) is 13.0 Å². The van der Waals surface area contributed by atoms with Crippen LogP contribution in [0, 0.1) is 12.7 Å². The van der Waals surface area contributed by atoms with Crippen LogP contribution >= 0.6 is 0 Å². The monoisotopic (exact) mass is 281 g/mol. The highest BCUT2D eigenvalue weighted by molar-refractivity contribution is 5.57. The Morgan fingerprint density at radius 2 is 2.25 bits per heavy atom. The van der Waals surface area contributed by atoms with Crippen molar-refractivity contribution in [1.29, 1.82) is 0 Å². The second-order valence-electron chi connectivity index (χ2n) is 5.50. The molecule has 1 aromatic rings. The summed E-state index contributed by atoms with van der Waals surface area (Å²) in [6.45, 7) is 7.88. The van der Waals surface area contributed by atoms with E-state index in [-0.39, 0.29) is 11.9 Å². The van der Waals surface area contributed by atoms with Crippen molar-refractivity contribution in [3.05, 3.63) is 29.1 Å². The molecule has 1 aliphatic rings. The Labute approximate surface area is 120 Å². The smallest absolute Gasteiger partial charge is 0.126 e. The summed E-state index contributed by atoms with van der Waals surface area (Å²) in [5.41, 5.74) is 2.21. The lowest BCUT2D eigenvalue weighted by molar-refractivity contribution is 0.0525. The number of piperidine rings is 1. The van der Waals surface area contributed by atoms with Crippen LogP contribution in [0.3, 0.4) is 0 Å². The highest BCUT2D eigenvalue weighted by Gasteiger charge is 2.24. The largest absolute Gasteiger partial charge is 0.389 e. The van der Waals surface area contributed by atoms with Gasteiger partial charge < -0.3 is 14.7 Å². The van der Waals surface area contributed by atoms with Gasteiger partial charge in [0.15, 0.2) is 0 Å². The number of aryl methyl sites for hydroxylation is 1. The molecule has 20 heavy (non-hydrogen) atoms. The topological polar surface area (TPSA) is 32.7 Å². The summed E-state index contributed by atoms with van der Waals surface area (Å²) in [6, 6.07) is 3.30. The molecule has 4 heteroatoms. The van der Waals surface area contributed by atoms with Gasteiger partial charge in [-0.25, -0.2) is 4.39 Å². The Balaban J connectivity index is 2.28. The third kappa shape index (κ3) is 3.30. The number of rotatable bonds is 4. The summed E-state index contributed by atoms with van der Waals surface area (Å²) >= 11 is 0. The van der Waals surface area contributed by atoms with Crippen molar-refractivity contribution >= 4 is 5.69 Å². The predicted molar refractivity (Wildman–Crippen MR) is 78.6 cm³/mol. The number of anilines is 1. The zero-order valence-electron chi connectivity index (χ0n) is 12.5. The molecule has 0 aromatic heterocycles. The van der Waals surface area contributed by atoms with Crippen LogP contribution in [0.5, 0.6) is 0 Å². The number of nitrogens with zero attached hydrogens (tertiary/aromatic N) is 1. The van der Waals surface area contributed by atoms with Crippen molar-refractivity contribution < 1.29 is 14.2 Å². The molecule has 1 saturated heterocycles. The Kier molecular flexibility index (Phi) is 5.00. The zero-order chi connectivity index (χ0) is 14.7. The predicted octanol–water partition coefficient (Wildman–Crippen LogP) is 3.19. The summed E-state index contributed by atoms with van der Waals surface area (Å²) in [5, 5.41) is 9.90. The highest BCUT2D eigenvalue weighted by Crippen LogP contribution is 2.31. The van der Waals surface area contributed by atoms with Crippen LogP contribution in [-0.4, -0.2) is 30.9 Å². The fourth-order valence-corrected chi connectivity index (χ4v) is 2.82. The number of aliphatic hydroxyl groups is 1. The lowest BCUT2D eigenvalue weighted by Crippen LogP contribution is -2.40. The van der Waals surface area contributed by atoms with Gasteiger partial charge in [0, 0.05) is 30.9 Å². The molecule has 1 N–H and O–H groups in total. The van der Waals surface area contributed by atoms with Crippen LogP contribution in [0.4, 0.5) is 10.1 Å². The molecular formula is C16H24FNO2. The second kappa shape index (κ2) is 6.55. The maximum Gasteiger partial charge on any atom is 0.126 e. The van der Waals surface area contributed by atoms with Gasteiger partial charge in [-0.2, -0.15) is 0 Å². The van der Waals surface area contributed by atoms with Gasteiger partial charge in [-0.15, -0.1) is 0 Å². The van der Waals surface area contributed by atoms with E-state index in [9.17, 15) is 9.50 Å².